The van der Waals surface area contributed by atoms with E-state index >= 15 is 0 Å². The quantitative estimate of drug-likeness (QED) is 0.884. The standard InChI is InChI=1S/C20H24N4O3/c1-14-16(22-17(21-14)15-7-4-3-5-8-15)18(25)24-11-6-9-20(10-12-24)13-23(2)19(26)27-20/h3-5,7-8H,6,9-13H2,1-2H3,(H,21,22)/t20-/m0/s1. The Hall–Kier alpha value is -2.83. The van der Waals surface area contributed by atoms with E-state index in [2.05, 4.69) is 9.97 Å². The van der Waals surface area contributed by atoms with Crippen LogP contribution in [-0.4, -0.2) is 64.1 Å². The summed E-state index contributed by atoms with van der Waals surface area (Å²) in [7, 11) is 1.75. The summed E-state index contributed by atoms with van der Waals surface area (Å²) in [5, 5.41) is 0. The van der Waals surface area contributed by atoms with Gasteiger partial charge in [0.05, 0.1) is 6.54 Å². The maximum atomic E-state index is 13.1. The minimum absolute atomic E-state index is 0.0688. The van der Waals surface area contributed by atoms with Gasteiger partial charge in [-0.1, -0.05) is 30.3 Å². The van der Waals surface area contributed by atoms with Gasteiger partial charge in [-0.3, -0.25) is 4.79 Å². The first-order valence-electron chi connectivity index (χ1n) is 9.33. The highest BCUT2D eigenvalue weighted by Gasteiger charge is 2.44. The summed E-state index contributed by atoms with van der Waals surface area (Å²) in [4.78, 5) is 36.1. The van der Waals surface area contributed by atoms with E-state index in [9.17, 15) is 9.59 Å². The van der Waals surface area contributed by atoms with Crippen LogP contribution in [0.4, 0.5) is 4.79 Å². The van der Waals surface area contributed by atoms with Gasteiger partial charge >= 0.3 is 6.09 Å². The number of ether oxygens (including phenoxy) is 1. The molecule has 2 aliphatic rings. The number of carbonyl (C=O) groups is 2. The van der Waals surface area contributed by atoms with E-state index in [1.807, 2.05) is 42.2 Å². The zero-order chi connectivity index (χ0) is 19.0. The lowest BCUT2D eigenvalue weighted by Gasteiger charge is -2.25. The van der Waals surface area contributed by atoms with Crippen LogP contribution in [0.1, 0.15) is 35.4 Å². The van der Waals surface area contributed by atoms with Crippen molar-refractivity contribution < 1.29 is 14.3 Å². The van der Waals surface area contributed by atoms with Crippen LogP contribution in [0.15, 0.2) is 30.3 Å². The second kappa shape index (κ2) is 6.72. The molecule has 0 aliphatic carbocycles. The largest absolute Gasteiger partial charge is 0.441 e. The SMILES string of the molecule is Cc1[nH]c(-c2ccccc2)nc1C(=O)N1CCC[C@]2(CC1)CN(C)C(=O)O2. The zero-order valence-electron chi connectivity index (χ0n) is 15.7. The first kappa shape index (κ1) is 17.6. The van der Waals surface area contributed by atoms with Crippen LogP contribution < -0.4 is 0 Å². The number of benzene rings is 1. The molecule has 2 fully saturated rings. The third-order valence-corrected chi connectivity index (χ3v) is 5.46. The average molecular weight is 368 g/mol. The van der Waals surface area contributed by atoms with Crippen LogP contribution in [-0.2, 0) is 4.74 Å². The molecular weight excluding hydrogens is 344 g/mol. The monoisotopic (exact) mass is 368 g/mol. The van der Waals surface area contributed by atoms with Gasteiger partial charge in [-0.25, -0.2) is 9.78 Å². The third kappa shape index (κ3) is 3.29. The molecule has 7 nitrogen and oxygen atoms in total. The molecule has 2 amide bonds. The molecular formula is C20H24N4O3. The summed E-state index contributed by atoms with van der Waals surface area (Å²) < 4.78 is 5.63. The number of nitrogens with one attached hydrogen (secondary N) is 1. The van der Waals surface area contributed by atoms with E-state index in [1.54, 1.807) is 11.9 Å². The van der Waals surface area contributed by atoms with Crippen molar-refractivity contribution in [3.05, 3.63) is 41.7 Å². The molecule has 2 saturated heterocycles. The van der Waals surface area contributed by atoms with Crippen molar-refractivity contribution in [2.24, 2.45) is 0 Å². The minimum atomic E-state index is -0.462. The van der Waals surface area contributed by atoms with Gasteiger partial charge in [-0.2, -0.15) is 0 Å². The number of hydrogen-bond donors (Lipinski definition) is 1. The average Bonchev–Trinajstić information content (AvgIpc) is 3.10. The molecule has 142 valence electrons. The maximum absolute atomic E-state index is 13.1. The van der Waals surface area contributed by atoms with Crippen LogP contribution >= 0.6 is 0 Å². The molecule has 1 aromatic heterocycles. The van der Waals surface area contributed by atoms with Gasteiger partial charge in [0.1, 0.15) is 17.1 Å². The van der Waals surface area contributed by atoms with E-state index in [0.717, 1.165) is 24.1 Å². The number of carbonyl (C=O) groups excluding carboxylic acids is 2. The molecule has 1 N–H and O–H groups in total. The van der Waals surface area contributed by atoms with Crippen molar-refractivity contribution in [3.63, 3.8) is 0 Å². The molecule has 1 spiro atoms. The Morgan fingerprint density at radius 1 is 1.22 bits per heavy atom. The van der Waals surface area contributed by atoms with E-state index in [0.29, 0.717) is 37.6 Å². The van der Waals surface area contributed by atoms with Crippen LogP contribution in [0.2, 0.25) is 0 Å². The summed E-state index contributed by atoms with van der Waals surface area (Å²) in [6, 6.07) is 9.78. The number of likely N-dealkylation sites (tertiary alicyclic amines) is 1. The highest BCUT2D eigenvalue weighted by molar-refractivity contribution is 5.94. The van der Waals surface area contributed by atoms with E-state index in [4.69, 9.17) is 4.74 Å². The Labute approximate surface area is 158 Å². The molecule has 0 unspecified atom stereocenters. The molecule has 3 heterocycles. The summed E-state index contributed by atoms with van der Waals surface area (Å²) in [5.74, 6) is 0.634. The number of aryl methyl sites for hydroxylation is 1. The van der Waals surface area contributed by atoms with Gasteiger partial charge in [0.2, 0.25) is 0 Å². The Kier molecular flexibility index (Phi) is 4.37. The lowest BCUT2D eigenvalue weighted by atomic mass is 9.95. The molecule has 7 heteroatoms. The number of aromatic amines is 1. The molecule has 2 aliphatic heterocycles. The van der Waals surface area contributed by atoms with Crippen molar-refractivity contribution in [2.75, 3.05) is 26.7 Å². The second-order valence-corrected chi connectivity index (χ2v) is 7.48. The number of imidazole rings is 1. The molecule has 27 heavy (non-hydrogen) atoms. The molecule has 2 aromatic rings. The lowest BCUT2D eigenvalue weighted by Crippen LogP contribution is -2.37. The maximum Gasteiger partial charge on any atom is 0.410 e. The van der Waals surface area contributed by atoms with Gasteiger partial charge in [-0.05, 0) is 19.8 Å². The molecule has 0 saturated carbocycles. The van der Waals surface area contributed by atoms with Gasteiger partial charge in [0.25, 0.3) is 5.91 Å². The molecule has 1 aromatic carbocycles. The molecule has 0 bridgehead atoms. The van der Waals surface area contributed by atoms with Gasteiger partial charge in [-0.15, -0.1) is 0 Å². The predicted octanol–water partition coefficient (Wildman–Crippen LogP) is 2.83. The Morgan fingerprint density at radius 3 is 2.70 bits per heavy atom. The van der Waals surface area contributed by atoms with Crippen LogP contribution in [0.5, 0.6) is 0 Å². The second-order valence-electron chi connectivity index (χ2n) is 7.48. The van der Waals surface area contributed by atoms with E-state index < -0.39 is 5.60 Å². The van der Waals surface area contributed by atoms with Crippen LogP contribution in [0.3, 0.4) is 0 Å². The van der Waals surface area contributed by atoms with Crippen molar-refractivity contribution in [3.8, 4) is 11.4 Å². The number of amides is 2. The summed E-state index contributed by atoms with van der Waals surface area (Å²) in [6.07, 6.45) is 1.97. The topological polar surface area (TPSA) is 78.5 Å². The molecule has 1 atom stereocenters. The number of likely N-dealkylation sites (N-methyl/N-ethyl adjacent to an activating group) is 1. The summed E-state index contributed by atoms with van der Waals surface area (Å²) in [5.41, 5.74) is 1.72. The fourth-order valence-electron chi connectivity index (χ4n) is 3.97. The lowest BCUT2D eigenvalue weighted by molar-refractivity contribution is 0.0438. The number of rotatable bonds is 2. The minimum Gasteiger partial charge on any atom is -0.441 e. The normalized spacial score (nSPS) is 22.8. The highest BCUT2D eigenvalue weighted by atomic mass is 16.6. The molecule has 4 rings (SSSR count). The van der Waals surface area contributed by atoms with Crippen molar-refractivity contribution in [2.45, 2.75) is 31.8 Å². The summed E-state index contributed by atoms with van der Waals surface area (Å²) >= 11 is 0. The number of H-pyrrole nitrogens is 1. The van der Waals surface area contributed by atoms with E-state index in [-0.39, 0.29) is 12.0 Å². The highest BCUT2D eigenvalue weighted by Crippen LogP contribution is 2.33. The first-order chi connectivity index (χ1) is 13.0. The number of hydrogen-bond acceptors (Lipinski definition) is 4. The Morgan fingerprint density at radius 2 is 2.00 bits per heavy atom. The summed E-state index contributed by atoms with van der Waals surface area (Å²) in [6.45, 7) is 3.68. The third-order valence-electron chi connectivity index (χ3n) is 5.46. The zero-order valence-corrected chi connectivity index (χ0v) is 15.7. The smallest absolute Gasteiger partial charge is 0.410 e. The fraction of sp³-hybridized carbons (Fsp3) is 0.450. The first-order valence-corrected chi connectivity index (χ1v) is 9.33. The van der Waals surface area contributed by atoms with Gasteiger partial charge in [0.15, 0.2) is 0 Å². The number of nitrogens with zero attached hydrogens (tertiary/aromatic N) is 3. The van der Waals surface area contributed by atoms with Crippen molar-refractivity contribution in [1.29, 1.82) is 0 Å². The fourth-order valence-corrected chi connectivity index (χ4v) is 3.97. The van der Waals surface area contributed by atoms with Crippen molar-refractivity contribution in [1.82, 2.24) is 19.8 Å². The van der Waals surface area contributed by atoms with Crippen LogP contribution in [0, 0.1) is 6.92 Å². The van der Waals surface area contributed by atoms with Crippen molar-refractivity contribution >= 4 is 12.0 Å². The Bertz CT molecular complexity index is 863. The number of aromatic nitrogens is 2. The van der Waals surface area contributed by atoms with Crippen LogP contribution in [0.25, 0.3) is 11.4 Å². The van der Waals surface area contributed by atoms with Gasteiger partial charge < -0.3 is 19.5 Å². The molecule has 0 radical (unpaired) electrons. The van der Waals surface area contributed by atoms with Gasteiger partial charge in [0, 0.05) is 37.8 Å². The predicted molar refractivity (Wildman–Crippen MR) is 100 cm³/mol. The van der Waals surface area contributed by atoms with E-state index in [1.165, 1.54) is 0 Å². The Balaban J connectivity index is 1.50.